The van der Waals surface area contributed by atoms with Crippen LogP contribution in [0.4, 0.5) is 0 Å². The number of hydrogen-bond donors (Lipinski definition) is 0. The Kier molecular flexibility index (Phi) is 6.71. The van der Waals surface area contributed by atoms with Gasteiger partial charge in [-0.2, -0.15) is 0 Å². The smallest absolute Gasteiger partial charge is 0.246 e. The molecule has 0 unspecified atom stereocenters. The quantitative estimate of drug-likeness (QED) is 0.685. The van der Waals surface area contributed by atoms with Gasteiger partial charge in [0.15, 0.2) is 0 Å². The molecule has 4 rings (SSSR count). The van der Waals surface area contributed by atoms with E-state index < -0.39 is 0 Å². The normalized spacial score (nSPS) is 23.2. The number of rotatable bonds is 6. The van der Waals surface area contributed by atoms with E-state index in [0.717, 1.165) is 51.2 Å². The molecule has 0 radical (unpaired) electrons. The summed E-state index contributed by atoms with van der Waals surface area (Å²) in [5.41, 5.74) is 4.15. The number of ether oxygens (including phenoxy) is 1. The van der Waals surface area contributed by atoms with E-state index in [1.54, 1.807) is 6.08 Å². The Labute approximate surface area is 175 Å². The molecule has 4 nitrogen and oxygen atoms in total. The number of amides is 1. The van der Waals surface area contributed by atoms with Crippen LogP contribution in [0.2, 0.25) is 0 Å². The summed E-state index contributed by atoms with van der Waals surface area (Å²) in [6.07, 6.45) is 9.00. The van der Waals surface area contributed by atoms with Crippen LogP contribution in [-0.4, -0.2) is 60.6 Å². The van der Waals surface area contributed by atoms with E-state index in [9.17, 15) is 4.79 Å². The number of allylic oxidation sites excluding steroid dienone is 1. The number of carbonyl (C=O) groups excluding carboxylic acids is 1. The van der Waals surface area contributed by atoms with Gasteiger partial charge in [-0.25, -0.2) is 0 Å². The van der Waals surface area contributed by atoms with Crippen molar-refractivity contribution in [2.75, 3.05) is 32.8 Å². The van der Waals surface area contributed by atoms with E-state index in [-0.39, 0.29) is 12.0 Å². The molecule has 2 saturated heterocycles. The summed E-state index contributed by atoms with van der Waals surface area (Å²) in [5, 5.41) is 0. The standard InChI is InChI=1S/C25H36N2O2/c1-19(2)14-25(28)27(18-24-8-5-13-29-24)17-20-9-11-26(12-10-20)23-15-21-6-3-4-7-22(21)16-23/h3-4,6-7,14,20,23-24H,5,8-13,15-18H2,1-2H3/t24-/m0/s1. The number of benzene rings is 1. The number of likely N-dealkylation sites (tertiary alicyclic amines) is 1. The van der Waals surface area contributed by atoms with E-state index in [0.29, 0.717) is 12.0 Å². The van der Waals surface area contributed by atoms with Crippen molar-refractivity contribution in [1.82, 2.24) is 9.80 Å². The van der Waals surface area contributed by atoms with Gasteiger partial charge in [0.05, 0.1) is 6.10 Å². The highest BCUT2D eigenvalue weighted by Gasteiger charge is 2.31. The molecule has 0 aromatic heterocycles. The Morgan fingerprint density at radius 3 is 2.38 bits per heavy atom. The average Bonchev–Trinajstić information content (AvgIpc) is 3.37. The van der Waals surface area contributed by atoms with Crippen molar-refractivity contribution in [3.05, 3.63) is 47.0 Å². The van der Waals surface area contributed by atoms with Crippen LogP contribution in [0, 0.1) is 5.92 Å². The summed E-state index contributed by atoms with van der Waals surface area (Å²) >= 11 is 0. The first kappa shape index (κ1) is 20.6. The SMILES string of the molecule is CC(C)=CC(=O)N(CC1CCN(C2Cc3ccccc3C2)CC1)C[C@@H]1CCCO1. The molecule has 2 aliphatic heterocycles. The number of fused-ring (bicyclic) bond motifs is 1. The summed E-state index contributed by atoms with van der Waals surface area (Å²) in [6.45, 7) is 8.79. The summed E-state index contributed by atoms with van der Waals surface area (Å²) in [7, 11) is 0. The highest BCUT2D eigenvalue weighted by atomic mass is 16.5. The van der Waals surface area contributed by atoms with Gasteiger partial charge in [-0.3, -0.25) is 9.69 Å². The van der Waals surface area contributed by atoms with Crippen LogP contribution in [0.1, 0.15) is 50.7 Å². The molecule has 2 fully saturated rings. The average molecular weight is 397 g/mol. The molecular weight excluding hydrogens is 360 g/mol. The minimum Gasteiger partial charge on any atom is -0.376 e. The first-order valence-electron chi connectivity index (χ1n) is 11.4. The predicted octanol–water partition coefficient (Wildman–Crippen LogP) is 3.84. The maximum absolute atomic E-state index is 12.8. The Bertz CT molecular complexity index is 701. The zero-order chi connectivity index (χ0) is 20.2. The van der Waals surface area contributed by atoms with E-state index in [1.807, 2.05) is 13.8 Å². The largest absolute Gasteiger partial charge is 0.376 e. The van der Waals surface area contributed by atoms with Crippen LogP contribution in [0.5, 0.6) is 0 Å². The number of carbonyl (C=O) groups is 1. The topological polar surface area (TPSA) is 32.8 Å². The van der Waals surface area contributed by atoms with Gasteiger partial charge in [-0.15, -0.1) is 0 Å². The van der Waals surface area contributed by atoms with Gasteiger partial charge in [0.2, 0.25) is 5.91 Å². The van der Waals surface area contributed by atoms with E-state index in [2.05, 4.69) is 34.1 Å². The maximum Gasteiger partial charge on any atom is 0.246 e. The zero-order valence-electron chi connectivity index (χ0n) is 18.1. The van der Waals surface area contributed by atoms with Crippen molar-refractivity contribution in [3.8, 4) is 0 Å². The van der Waals surface area contributed by atoms with Gasteiger partial charge in [-0.05, 0) is 82.5 Å². The molecule has 158 valence electrons. The van der Waals surface area contributed by atoms with Crippen LogP contribution in [-0.2, 0) is 22.4 Å². The van der Waals surface area contributed by atoms with E-state index in [4.69, 9.17) is 4.74 Å². The first-order valence-corrected chi connectivity index (χ1v) is 11.4. The molecule has 1 aromatic carbocycles. The molecule has 1 aromatic rings. The lowest BCUT2D eigenvalue weighted by Gasteiger charge is -2.38. The van der Waals surface area contributed by atoms with Gasteiger partial charge in [0.25, 0.3) is 0 Å². The third-order valence-corrected chi connectivity index (χ3v) is 6.85. The fourth-order valence-corrected chi connectivity index (χ4v) is 5.23. The molecule has 0 spiro atoms. The van der Waals surface area contributed by atoms with Crippen LogP contribution in [0.3, 0.4) is 0 Å². The minimum atomic E-state index is 0.161. The summed E-state index contributed by atoms with van der Waals surface area (Å²) < 4.78 is 5.82. The third-order valence-electron chi connectivity index (χ3n) is 6.85. The molecule has 4 heteroatoms. The lowest BCUT2D eigenvalue weighted by atomic mass is 9.94. The predicted molar refractivity (Wildman–Crippen MR) is 117 cm³/mol. The molecule has 1 atom stereocenters. The maximum atomic E-state index is 12.8. The lowest BCUT2D eigenvalue weighted by Crippen LogP contribution is -2.46. The zero-order valence-corrected chi connectivity index (χ0v) is 18.1. The van der Waals surface area contributed by atoms with E-state index >= 15 is 0 Å². The van der Waals surface area contributed by atoms with Gasteiger partial charge >= 0.3 is 0 Å². The second-order valence-electron chi connectivity index (χ2n) is 9.41. The fraction of sp³-hybridized carbons (Fsp3) is 0.640. The van der Waals surface area contributed by atoms with Crippen molar-refractivity contribution < 1.29 is 9.53 Å². The summed E-state index contributed by atoms with van der Waals surface area (Å²) in [4.78, 5) is 17.6. The van der Waals surface area contributed by atoms with Crippen LogP contribution >= 0.6 is 0 Å². The summed E-state index contributed by atoms with van der Waals surface area (Å²) in [6, 6.07) is 9.59. The Morgan fingerprint density at radius 1 is 1.10 bits per heavy atom. The number of nitrogens with zero attached hydrogens (tertiary/aromatic N) is 2. The van der Waals surface area contributed by atoms with Crippen LogP contribution in [0.25, 0.3) is 0 Å². The second-order valence-corrected chi connectivity index (χ2v) is 9.41. The van der Waals surface area contributed by atoms with Gasteiger partial charge in [0, 0.05) is 31.8 Å². The molecule has 0 bridgehead atoms. The Hall–Kier alpha value is -1.65. The van der Waals surface area contributed by atoms with Crippen molar-refractivity contribution in [3.63, 3.8) is 0 Å². The number of piperidine rings is 1. The van der Waals surface area contributed by atoms with Crippen molar-refractivity contribution in [1.29, 1.82) is 0 Å². The minimum absolute atomic E-state index is 0.161. The highest BCUT2D eigenvalue weighted by molar-refractivity contribution is 5.88. The molecule has 29 heavy (non-hydrogen) atoms. The highest BCUT2D eigenvalue weighted by Crippen LogP contribution is 2.29. The molecule has 0 saturated carbocycles. The van der Waals surface area contributed by atoms with Gasteiger partial charge in [0.1, 0.15) is 0 Å². The van der Waals surface area contributed by atoms with Gasteiger partial charge in [-0.1, -0.05) is 29.8 Å². The van der Waals surface area contributed by atoms with E-state index in [1.165, 1.54) is 36.8 Å². The summed E-state index contributed by atoms with van der Waals surface area (Å²) in [5.74, 6) is 0.764. The Morgan fingerprint density at radius 2 is 1.79 bits per heavy atom. The third kappa shape index (κ3) is 5.29. The number of hydrogen-bond acceptors (Lipinski definition) is 3. The first-order chi connectivity index (χ1) is 14.1. The second kappa shape index (κ2) is 9.44. The van der Waals surface area contributed by atoms with Crippen LogP contribution in [0.15, 0.2) is 35.9 Å². The molecule has 1 amide bonds. The monoisotopic (exact) mass is 396 g/mol. The molecular formula is C25H36N2O2. The molecule has 1 aliphatic carbocycles. The van der Waals surface area contributed by atoms with Crippen molar-refractivity contribution in [2.45, 2.75) is 64.5 Å². The molecule has 3 aliphatic rings. The fourth-order valence-electron chi connectivity index (χ4n) is 5.23. The van der Waals surface area contributed by atoms with Crippen molar-refractivity contribution >= 4 is 5.91 Å². The molecule has 0 N–H and O–H groups in total. The van der Waals surface area contributed by atoms with Crippen molar-refractivity contribution in [2.24, 2.45) is 5.92 Å². The van der Waals surface area contributed by atoms with Gasteiger partial charge < -0.3 is 9.64 Å². The molecule has 2 heterocycles. The lowest BCUT2D eigenvalue weighted by molar-refractivity contribution is -0.128. The van der Waals surface area contributed by atoms with Crippen LogP contribution < -0.4 is 0 Å². The Balaban J connectivity index is 1.30.